The molecule has 6 nitrogen and oxygen atoms in total. The van der Waals surface area contributed by atoms with Gasteiger partial charge >= 0.3 is 0 Å². The molecule has 0 spiro atoms. The van der Waals surface area contributed by atoms with E-state index in [0.717, 1.165) is 23.8 Å². The van der Waals surface area contributed by atoms with E-state index in [9.17, 15) is 0 Å². The number of rotatable bonds is 7. The van der Waals surface area contributed by atoms with Gasteiger partial charge in [-0.25, -0.2) is 4.98 Å². The molecule has 0 saturated carbocycles. The number of piperidine rings is 1. The average Bonchev–Trinajstić information content (AvgIpc) is 3.02. The van der Waals surface area contributed by atoms with Gasteiger partial charge in [-0.05, 0) is 37.4 Å². The van der Waals surface area contributed by atoms with Crippen molar-refractivity contribution in [3.8, 4) is 5.75 Å². The molecule has 1 aliphatic rings. The van der Waals surface area contributed by atoms with Crippen LogP contribution in [0.1, 0.15) is 25.3 Å². The Morgan fingerprint density at radius 2 is 2.36 bits per heavy atom. The minimum Gasteiger partial charge on any atom is -0.492 e. The van der Waals surface area contributed by atoms with Crippen LogP contribution in [0.15, 0.2) is 34.7 Å². The quantitative estimate of drug-likeness (QED) is 0.586. The Balaban J connectivity index is 1.51. The van der Waals surface area contributed by atoms with Gasteiger partial charge in [-0.3, -0.25) is 10.3 Å². The smallest absolute Gasteiger partial charge is 0.205 e. The summed E-state index contributed by atoms with van der Waals surface area (Å²) < 4.78 is 5.99. The number of thiazole rings is 1. The number of anilines is 2. The van der Waals surface area contributed by atoms with Gasteiger partial charge in [0, 0.05) is 24.0 Å². The molecular formula is C18H25N5OS. The second-order valence-electron chi connectivity index (χ2n) is 6.38. The van der Waals surface area contributed by atoms with Gasteiger partial charge in [0.1, 0.15) is 18.2 Å². The first-order chi connectivity index (χ1) is 12.2. The van der Waals surface area contributed by atoms with E-state index in [2.05, 4.69) is 27.3 Å². The van der Waals surface area contributed by atoms with Gasteiger partial charge < -0.3 is 10.5 Å². The van der Waals surface area contributed by atoms with Gasteiger partial charge in [-0.2, -0.15) is 5.10 Å². The average molecular weight is 359 g/mol. The van der Waals surface area contributed by atoms with Crippen LogP contribution < -0.4 is 15.9 Å². The summed E-state index contributed by atoms with van der Waals surface area (Å²) in [6.45, 7) is 6.33. The van der Waals surface area contributed by atoms with E-state index in [1.54, 1.807) is 11.6 Å². The molecule has 1 aromatic heterocycles. The Morgan fingerprint density at radius 3 is 3.16 bits per heavy atom. The zero-order chi connectivity index (χ0) is 17.5. The summed E-state index contributed by atoms with van der Waals surface area (Å²) in [5, 5.41) is 6.67. The number of nitrogens with zero attached hydrogens (tertiary/aromatic N) is 3. The van der Waals surface area contributed by atoms with Crippen LogP contribution in [-0.4, -0.2) is 42.3 Å². The molecule has 2 aromatic rings. The molecule has 0 amide bonds. The van der Waals surface area contributed by atoms with E-state index in [0.29, 0.717) is 17.6 Å². The number of nitrogens with two attached hydrogens (primary N) is 1. The van der Waals surface area contributed by atoms with Crippen molar-refractivity contribution < 1.29 is 4.74 Å². The molecule has 1 unspecified atom stereocenters. The fourth-order valence-corrected chi connectivity index (χ4v) is 3.54. The molecule has 0 bridgehead atoms. The van der Waals surface area contributed by atoms with Crippen molar-refractivity contribution in [3.63, 3.8) is 0 Å². The zero-order valence-corrected chi connectivity index (χ0v) is 15.3. The van der Waals surface area contributed by atoms with Crippen LogP contribution >= 0.6 is 11.3 Å². The van der Waals surface area contributed by atoms with Gasteiger partial charge in [-0.1, -0.05) is 19.1 Å². The molecule has 3 N–H and O–H groups in total. The lowest BCUT2D eigenvalue weighted by Crippen LogP contribution is -2.37. The number of benzene rings is 1. The van der Waals surface area contributed by atoms with Crippen molar-refractivity contribution in [2.45, 2.75) is 19.8 Å². The maximum absolute atomic E-state index is 5.99. The summed E-state index contributed by atoms with van der Waals surface area (Å²) in [4.78, 5) is 6.59. The van der Waals surface area contributed by atoms with Crippen molar-refractivity contribution in [2.75, 3.05) is 37.4 Å². The number of nitrogens with one attached hydrogen (secondary N) is 1. The Hall–Kier alpha value is -2.12. The number of ether oxygens (including phenoxy) is 1. The van der Waals surface area contributed by atoms with E-state index in [-0.39, 0.29) is 0 Å². The van der Waals surface area contributed by atoms with Gasteiger partial charge in [0.15, 0.2) is 0 Å². The molecule has 2 heterocycles. The molecule has 1 aliphatic heterocycles. The molecule has 7 heteroatoms. The molecule has 134 valence electrons. The van der Waals surface area contributed by atoms with E-state index < -0.39 is 0 Å². The highest BCUT2D eigenvalue weighted by Crippen LogP contribution is 2.19. The summed E-state index contributed by atoms with van der Waals surface area (Å²) in [5.41, 5.74) is 9.42. The van der Waals surface area contributed by atoms with E-state index in [1.807, 2.05) is 24.3 Å². The van der Waals surface area contributed by atoms with E-state index in [1.165, 1.54) is 37.3 Å². The highest BCUT2D eigenvalue weighted by Gasteiger charge is 2.15. The molecule has 3 rings (SSSR count). The fraction of sp³-hybridized carbons (Fsp3) is 0.444. The number of aromatic nitrogens is 1. The van der Waals surface area contributed by atoms with Crippen molar-refractivity contribution in [1.82, 2.24) is 9.88 Å². The number of para-hydroxylation sites is 1. The first-order valence-corrected chi connectivity index (χ1v) is 9.53. The van der Waals surface area contributed by atoms with Crippen LogP contribution in [0.4, 0.5) is 10.9 Å². The Labute approximate surface area is 152 Å². The summed E-state index contributed by atoms with van der Waals surface area (Å²) in [6.07, 6.45) is 4.38. The third-order valence-corrected chi connectivity index (χ3v) is 4.98. The van der Waals surface area contributed by atoms with Crippen LogP contribution in [-0.2, 0) is 0 Å². The molecule has 1 fully saturated rings. The van der Waals surface area contributed by atoms with E-state index in [4.69, 9.17) is 10.5 Å². The van der Waals surface area contributed by atoms with E-state index >= 15 is 0 Å². The van der Waals surface area contributed by atoms with Crippen molar-refractivity contribution >= 4 is 28.5 Å². The monoisotopic (exact) mass is 359 g/mol. The van der Waals surface area contributed by atoms with Crippen LogP contribution in [0, 0.1) is 5.92 Å². The number of hydrogen-bond acceptors (Lipinski definition) is 7. The summed E-state index contributed by atoms with van der Waals surface area (Å²) in [5.74, 6) is 2.13. The summed E-state index contributed by atoms with van der Waals surface area (Å²) in [7, 11) is 0. The Bertz CT molecular complexity index is 702. The molecule has 25 heavy (non-hydrogen) atoms. The number of likely N-dealkylation sites (tertiary alicyclic amines) is 1. The lowest BCUT2D eigenvalue weighted by Gasteiger charge is -2.30. The molecule has 1 atom stereocenters. The minimum atomic E-state index is 0.499. The summed E-state index contributed by atoms with van der Waals surface area (Å²) in [6, 6.07) is 7.91. The second-order valence-corrected chi connectivity index (χ2v) is 7.24. The topological polar surface area (TPSA) is 75.8 Å². The molecule has 1 aromatic carbocycles. The first kappa shape index (κ1) is 17.7. The lowest BCUT2D eigenvalue weighted by atomic mass is 10.0. The van der Waals surface area contributed by atoms with Crippen LogP contribution in [0.2, 0.25) is 0 Å². The Morgan fingerprint density at radius 1 is 1.48 bits per heavy atom. The van der Waals surface area contributed by atoms with Gasteiger partial charge in [-0.15, -0.1) is 11.3 Å². The lowest BCUT2D eigenvalue weighted by molar-refractivity contribution is 0.153. The predicted octanol–water partition coefficient (Wildman–Crippen LogP) is 3.28. The molecule has 0 aliphatic carbocycles. The highest BCUT2D eigenvalue weighted by molar-refractivity contribution is 7.14. The first-order valence-electron chi connectivity index (χ1n) is 8.65. The summed E-state index contributed by atoms with van der Waals surface area (Å²) >= 11 is 1.42. The molecule has 0 radical (unpaired) electrons. The maximum Gasteiger partial charge on any atom is 0.205 e. The number of nitrogen functional groups attached to an aromatic ring is 1. The SMILES string of the molecule is CC1CCCN(CCOc2ccccc2C=NNc2nc(N)cs2)C1. The van der Waals surface area contributed by atoms with Crippen LogP contribution in [0.3, 0.4) is 0 Å². The zero-order valence-electron chi connectivity index (χ0n) is 14.5. The highest BCUT2D eigenvalue weighted by atomic mass is 32.1. The Kier molecular flexibility index (Phi) is 6.25. The third kappa shape index (κ3) is 5.44. The fourth-order valence-electron chi connectivity index (χ4n) is 2.99. The maximum atomic E-state index is 5.99. The number of hydrogen-bond donors (Lipinski definition) is 2. The van der Waals surface area contributed by atoms with Crippen LogP contribution in [0.5, 0.6) is 5.75 Å². The number of hydrazone groups is 1. The van der Waals surface area contributed by atoms with Crippen molar-refractivity contribution in [2.24, 2.45) is 11.0 Å². The second kappa shape index (κ2) is 8.82. The molecular weight excluding hydrogens is 334 g/mol. The molecule has 1 saturated heterocycles. The predicted molar refractivity (Wildman–Crippen MR) is 105 cm³/mol. The standard InChI is InChI=1S/C18H25N5OS/c1-14-5-4-8-23(12-14)9-10-24-16-7-3-2-6-15(16)11-20-22-18-21-17(19)13-25-18/h2-3,6-7,11,13-14H,4-5,8-10,12,19H2,1H3,(H,21,22). The normalized spacial score (nSPS) is 18.5. The third-order valence-electron chi connectivity index (χ3n) is 4.21. The van der Waals surface area contributed by atoms with Gasteiger partial charge in [0.2, 0.25) is 5.13 Å². The van der Waals surface area contributed by atoms with Crippen LogP contribution in [0.25, 0.3) is 0 Å². The van der Waals surface area contributed by atoms with Crippen molar-refractivity contribution in [3.05, 3.63) is 35.2 Å². The van der Waals surface area contributed by atoms with Gasteiger partial charge in [0.25, 0.3) is 0 Å². The van der Waals surface area contributed by atoms with Gasteiger partial charge in [0.05, 0.1) is 6.21 Å². The van der Waals surface area contributed by atoms with Crippen molar-refractivity contribution in [1.29, 1.82) is 0 Å². The largest absolute Gasteiger partial charge is 0.492 e. The minimum absolute atomic E-state index is 0.499.